The molecule has 9 heteroatoms. The van der Waals surface area contributed by atoms with E-state index < -0.39 is 17.2 Å². The molecule has 4 heterocycles. The van der Waals surface area contributed by atoms with Crippen LogP contribution in [0.3, 0.4) is 0 Å². The van der Waals surface area contributed by atoms with Crippen molar-refractivity contribution in [3.05, 3.63) is 71.2 Å². The topological polar surface area (TPSA) is 95.9 Å². The number of fused-ring (bicyclic) bond motifs is 1. The third kappa shape index (κ3) is 4.89. The maximum Gasteiger partial charge on any atom is 0.229 e. The van der Waals surface area contributed by atoms with Gasteiger partial charge in [0, 0.05) is 29.4 Å². The number of nitrogens with zero attached hydrogens (tertiary/aromatic N) is 4. The van der Waals surface area contributed by atoms with E-state index in [1.807, 2.05) is 18.3 Å². The zero-order chi connectivity index (χ0) is 25.4. The molecular formula is C27H28F2N6O. The zero-order valence-electron chi connectivity index (χ0n) is 20.4. The number of piperidine rings is 1. The van der Waals surface area contributed by atoms with Crippen LogP contribution in [0.2, 0.25) is 0 Å². The van der Waals surface area contributed by atoms with E-state index in [0.717, 1.165) is 37.7 Å². The van der Waals surface area contributed by atoms with Crippen LogP contribution in [-0.2, 0) is 5.60 Å². The number of halogens is 2. The number of anilines is 2. The Morgan fingerprint density at radius 2 is 1.89 bits per heavy atom. The fourth-order valence-electron chi connectivity index (χ4n) is 4.66. The van der Waals surface area contributed by atoms with Gasteiger partial charge in [-0.3, -0.25) is 4.98 Å². The van der Waals surface area contributed by atoms with E-state index in [0.29, 0.717) is 28.4 Å². The molecule has 186 valence electrons. The Morgan fingerprint density at radius 3 is 2.58 bits per heavy atom. The molecule has 5 rings (SSSR count). The normalized spacial score (nSPS) is 16.3. The molecule has 0 aliphatic carbocycles. The first-order valence-electron chi connectivity index (χ1n) is 12.0. The van der Waals surface area contributed by atoms with E-state index in [-0.39, 0.29) is 22.7 Å². The van der Waals surface area contributed by atoms with Crippen molar-refractivity contribution in [3.8, 4) is 11.3 Å². The number of rotatable bonds is 5. The lowest BCUT2D eigenvalue weighted by Gasteiger charge is -2.22. The Kier molecular flexibility index (Phi) is 6.36. The van der Waals surface area contributed by atoms with Gasteiger partial charge in [0.15, 0.2) is 5.82 Å². The lowest BCUT2D eigenvalue weighted by atomic mass is 9.92. The number of hydrogen-bond donors (Lipinski definition) is 3. The molecule has 36 heavy (non-hydrogen) atoms. The van der Waals surface area contributed by atoms with Gasteiger partial charge >= 0.3 is 0 Å². The van der Waals surface area contributed by atoms with E-state index in [9.17, 15) is 9.50 Å². The molecule has 1 saturated heterocycles. The molecule has 3 aromatic heterocycles. The summed E-state index contributed by atoms with van der Waals surface area (Å²) in [6.07, 6.45) is 5.13. The number of pyridine rings is 2. The smallest absolute Gasteiger partial charge is 0.229 e. The first kappa shape index (κ1) is 24.1. The monoisotopic (exact) mass is 490 g/mol. The fraction of sp³-hybridized carbons (Fsp3) is 0.333. The summed E-state index contributed by atoms with van der Waals surface area (Å²) in [7, 11) is 0. The average molecular weight is 491 g/mol. The summed E-state index contributed by atoms with van der Waals surface area (Å²) in [5.41, 5.74) is 1.24. The van der Waals surface area contributed by atoms with Crippen molar-refractivity contribution in [2.24, 2.45) is 0 Å². The maximum atomic E-state index is 15.1. The Morgan fingerprint density at radius 1 is 1.06 bits per heavy atom. The minimum Gasteiger partial charge on any atom is -0.386 e. The number of aromatic nitrogens is 4. The van der Waals surface area contributed by atoms with Crippen molar-refractivity contribution in [2.75, 3.05) is 18.4 Å². The molecule has 1 fully saturated rings. The maximum absolute atomic E-state index is 15.1. The lowest BCUT2D eigenvalue weighted by Crippen LogP contribution is -2.28. The second kappa shape index (κ2) is 9.48. The van der Waals surface area contributed by atoms with Crippen LogP contribution in [0.15, 0.2) is 42.7 Å². The van der Waals surface area contributed by atoms with Crippen LogP contribution in [-0.4, -0.2) is 38.1 Å². The van der Waals surface area contributed by atoms with Gasteiger partial charge in [-0.1, -0.05) is 6.07 Å². The largest absolute Gasteiger partial charge is 0.386 e. The molecule has 0 amide bonds. The number of benzene rings is 1. The van der Waals surface area contributed by atoms with Crippen molar-refractivity contribution in [2.45, 2.75) is 45.1 Å². The van der Waals surface area contributed by atoms with Gasteiger partial charge in [-0.05, 0) is 81.5 Å². The van der Waals surface area contributed by atoms with Gasteiger partial charge in [0.05, 0.1) is 11.8 Å². The Labute approximate surface area is 208 Å². The van der Waals surface area contributed by atoms with Crippen LogP contribution in [0.1, 0.15) is 49.4 Å². The lowest BCUT2D eigenvalue weighted by molar-refractivity contribution is 0.0800. The molecule has 0 radical (unpaired) electrons. The van der Waals surface area contributed by atoms with Crippen molar-refractivity contribution >= 4 is 22.7 Å². The number of aliphatic hydroxyl groups is 1. The average Bonchev–Trinajstić information content (AvgIpc) is 2.85. The second-order valence-electron chi connectivity index (χ2n) is 9.76. The minimum atomic E-state index is -1.25. The van der Waals surface area contributed by atoms with E-state index in [2.05, 4.69) is 30.6 Å². The van der Waals surface area contributed by atoms with Gasteiger partial charge in [-0.25, -0.2) is 23.7 Å². The molecule has 0 spiro atoms. The van der Waals surface area contributed by atoms with Gasteiger partial charge in [0.25, 0.3) is 0 Å². The van der Waals surface area contributed by atoms with Crippen LogP contribution < -0.4 is 10.6 Å². The third-order valence-electron chi connectivity index (χ3n) is 6.47. The number of hydrogen-bond acceptors (Lipinski definition) is 7. The summed E-state index contributed by atoms with van der Waals surface area (Å²) < 4.78 is 29.9. The van der Waals surface area contributed by atoms with Crippen molar-refractivity contribution in [1.82, 2.24) is 25.3 Å². The van der Waals surface area contributed by atoms with Crippen molar-refractivity contribution in [1.29, 1.82) is 0 Å². The number of nitrogens with one attached hydrogen (secondary N) is 2. The van der Waals surface area contributed by atoms with Gasteiger partial charge in [0.2, 0.25) is 5.95 Å². The quantitative estimate of drug-likeness (QED) is 0.358. The predicted octanol–water partition coefficient (Wildman–Crippen LogP) is 5.11. The molecule has 7 nitrogen and oxygen atoms in total. The zero-order valence-corrected chi connectivity index (χ0v) is 20.4. The molecule has 0 bridgehead atoms. The van der Waals surface area contributed by atoms with Crippen LogP contribution in [0.25, 0.3) is 22.2 Å². The standard InChI is InChI=1S/C27H28F2N6O/c1-15-9-20(27(2,3)36)19-10-18(11-21(28)25(19)33-15)24-22(29)14-32-26(35-24)34-23-7-6-17(13-31-23)16-5-4-8-30-12-16/h6-7,9-11,13-14,16,30,36H,4-5,8,12H2,1-3H3,(H,31,32,34,35). The van der Waals surface area contributed by atoms with E-state index in [1.165, 1.54) is 6.07 Å². The van der Waals surface area contributed by atoms with E-state index >= 15 is 4.39 Å². The fourth-order valence-corrected chi connectivity index (χ4v) is 4.66. The Balaban J connectivity index is 1.48. The highest BCUT2D eigenvalue weighted by Gasteiger charge is 2.23. The molecule has 1 unspecified atom stereocenters. The summed E-state index contributed by atoms with van der Waals surface area (Å²) in [6.45, 7) is 6.94. The summed E-state index contributed by atoms with van der Waals surface area (Å²) >= 11 is 0. The number of aryl methyl sites for hydroxylation is 1. The highest BCUT2D eigenvalue weighted by molar-refractivity contribution is 5.88. The molecule has 3 N–H and O–H groups in total. The van der Waals surface area contributed by atoms with Gasteiger partial charge < -0.3 is 15.7 Å². The third-order valence-corrected chi connectivity index (χ3v) is 6.47. The molecule has 4 aromatic rings. The first-order chi connectivity index (χ1) is 17.2. The first-order valence-corrected chi connectivity index (χ1v) is 12.0. The van der Waals surface area contributed by atoms with Crippen molar-refractivity contribution < 1.29 is 13.9 Å². The Bertz CT molecular complexity index is 1410. The summed E-state index contributed by atoms with van der Waals surface area (Å²) in [5.74, 6) is -0.232. The van der Waals surface area contributed by atoms with Crippen LogP contribution in [0.5, 0.6) is 0 Å². The van der Waals surface area contributed by atoms with Gasteiger partial charge in [-0.15, -0.1) is 0 Å². The molecule has 1 atom stereocenters. The minimum absolute atomic E-state index is 0.0690. The van der Waals surface area contributed by atoms with Crippen LogP contribution in [0.4, 0.5) is 20.5 Å². The molecule has 0 saturated carbocycles. The summed E-state index contributed by atoms with van der Waals surface area (Å²) in [4.78, 5) is 17.1. The summed E-state index contributed by atoms with van der Waals surface area (Å²) in [5, 5.41) is 17.5. The summed E-state index contributed by atoms with van der Waals surface area (Å²) in [6, 6.07) is 8.36. The van der Waals surface area contributed by atoms with Gasteiger partial charge in [0.1, 0.15) is 22.8 Å². The van der Waals surface area contributed by atoms with Crippen LogP contribution >= 0.6 is 0 Å². The van der Waals surface area contributed by atoms with Crippen LogP contribution in [0, 0.1) is 18.6 Å². The predicted molar refractivity (Wildman–Crippen MR) is 135 cm³/mol. The van der Waals surface area contributed by atoms with Gasteiger partial charge in [-0.2, -0.15) is 0 Å². The SMILES string of the molecule is Cc1cc(C(C)(C)O)c2cc(-c3nc(Nc4ccc(C5CCCNC5)cn4)ncc3F)cc(F)c2n1. The molecule has 1 aromatic carbocycles. The highest BCUT2D eigenvalue weighted by atomic mass is 19.1. The Hall–Kier alpha value is -3.56. The van der Waals surface area contributed by atoms with E-state index in [4.69, 9.17) is 0 Å². The molecular weight excluding hydrogens is 462 g/mol. The van der Waals surface area contributed by atoms with Crippen molar-refractivity contribution in [3.63, 3.8) is 0 Å². The second-order valence-corrected chi connectivity index (χ2v) is 9.76. The molecule has 1 aliphatic rings. The highest BCUT2D eigenvalue weighted by Crippen LogP contribution is 2.34. The molecule has 1 aliphatic heterocycles. The van der Waals surface area contributed by atoms with E-state index in [1.54, 1.807) is 32.9 Å².